The summed E-state index contributed by atoms with van der Waals surface area (Å²) in [5, 5.41) is 0. The number of hydrogen-bond donors (Lipinski definition) is 0. The number of allylic oxidation sites excluding steroid dienone is 3. The van der Waals surface area contributed by atoms with Crippen LogP contribution in [-0.2, 0) is 9.05 Å². The summed E-state index contributed by atoms with van der Waals surface area (Å²) < 4.78 is 21.0. The van der Waals surface area contributed by atoms with Gasteiger partial charge in [-0.05, 0) is 19.9 Å². The Kier molecular flexibility index (Phi) is 3.12. The van der Waals surface area contributed by atoms with Crippen molar-refractivity contribution in [3.8, 4) is 0 Å². The van der Waals surface area contributed by atoms with E-state index < -0.39 is 9.05 Å². The maximum Gasteiger partial charge on any atom is 0.257 e. The van der Waals surface area contributed by atoms with Gasteiger partial charge in [0.2, 0.25) is 0 Å². The van der Waals surface area contributed by atoms with Gasteiger partial charge in [0, 0.05) is 10.7 Å². The average molecular weight is 181 g/mol. The van der Waals surface area contributed by atoms with E-state index in [1.165, 1.54) is 13.0 Å². The second-order valence-electron chi connectivity index (χ2n) is 2.04. The van der Waals surface area contributed by atoms with Gasteiger partial charge in [-0.2, -0.15) is 0 Å². The standard InChI is InChI=1S/C6H9ClO2S/c1-5(2)4-6(3)10(7,8)9/h4H,1H2,2-3H3/b6-4+. The van der Waals surface area contributed by atoms with Crippen LogP contribution in [0, 0.1) is 0 Å². The highest BCUT2D eigenvalue weighted by Crippen LogP contribution is 2.12. The Labute approximate surface area is 65.6 Å². The molecule has 0 aliphatic rings. The van der Waals surface area contributed by atoms with Crippen LogP contribution in [0.1, 0.15) is 13.8 Å². The highest BCUT2D eigenvalue weighted by atomic mass is 35.7. The molecule has 0 radical (unpaired) electrons. The molecule has 0 rings (SSSR count). The van der Waals surface area contributed by atoms with Gasteiger partial charge in [-0.15, -0.1) is 0 Å². The van der Waals surface area contributed by atoms with E-state index in [9.17, 15) is 8.42 Å². The molecule has 0 saturated carbocycles. The first-order chi connectivity index (χ1) is 4.34. The minimum atomic E-state index is -3.53. The van der Waals surface area contributed by atoms with E-state index in [-0.39, 0.29) is 4.91 Å². The minimum Gasteiger partial charge on any atom is -0.207 e. The second kappa shape index (κ2) is 3.21. The molecule has 4 heteroatoms. The number of hydrogen-bond acceptors (Lipinski definition) is 2. The largest absolute Gasteiger partial charge is 0.257 e. The van der Waals surface area contributed by atoms with E-state index in [4.69, 9.17) is 10.7 Å². The maximum absolute atomic E-state index is 10.5. The highest BCUT2D eigenvalue weighted by molar-refractivity contribution is 8.16. The van der Waals surface area contributed by atoms with Crippen molar-refractivity contribution in [2.75, 3.05) is 0 Å². The zero-order valence-corrected chi connectivity index (χ0v) is 7.46. The smallest absolute Gasteiger partial charge is 0.207 e. The lowest BCUT2D eigenvalue weighted by Gasteiger charge is -1.92. The molecule has 0 N–H and O–H groups in total. The minimum absolute atomic E-state index is 0.127. The molecule has 0 amide bonds. The van der Waals surface area contributed by atoms with Crippen molar-refractivity contribution in [3.63, 3.8) is 0 Å². The van der Waals surface area contributed by atoms with Crippen LogP contribution in [0.4, 0.5) is 0 Å². The fourth-order valence-corrected chi connectivity index (χ4v) is 0.893. The topological polar surface area (TPSA) is 34.1 Å². The summed E-state index contributed by atoms with van der Waals surface area (Å²) in [5.74, 6) is 0. The molecule has 10 heavy (non-hydrogen) atoms. The zero-order valence-electron chi connectivity index (χ0n) is 5.89. The molecule has 0 saturated heterocycles. The summed E-state index contributed by atoms with van der Waals surface area (Å²) in [5.41, 5.74) is 0.668. The van der Waals surface area contributed by atoms with E-state index in [0.717, 1.165) is 0 Å². The molecule has 0 aliphatic heterocycles. The third-order valence-corrected chi connectivity index (χ3v) is 2.45. The first-order valence-corrected chi connectivity index (χ1v) is 4.93. The lowest BCUT2D eigenvalue weighted by molar-refractivity contribution is 0.615. The van der Waals surface area contributed by atoms with E-state index in [2.05, 4.69) is 6.58 Å². The van der Waals surface area contributed by atoms with Crippen LogP contribution < -0.4 is 0 Å². The van der Waals surface area contributed by atoms with Crippen LogP contribution in [0.25, 0.3) is 0 Å². The summed E-state index contributed by atoms with van der Waals surface area (Å²) in [4.78, 5) is 0.127. The van der Waals surface area contributed by atoms with Crippen LogP contribution >= 0.6 is 10.7 Å². The monoisotopic (exact) mass is 180 g/mol. The maximum atomic E-state index is 10.5. The fourth-order valence-electron chi connectivity index (χ4n) is 0.417. The molecule has 0 fully saturated rings. The predicted molar refractivity (Wildman–Crippen MR) is 43.3 cm³/mol. The van der Waals surface area contributed by atoms with Crippen molar-refractivity contribution in [2.45, 2.75) is 13.8 Å². The van der Waals surface area contributed by atoms with Gasteiger partial charge in [-0.1, -0.05) is 12.2 Å². The van der Waals surface area contributed by atoms with E-state index in [1.54, 1.807) is 6.92 Å². The van der Waals surface area contributed by atoms with Crippen LogP contribution in [0.3, 0.4) is 0 Å². The predicted octanol–water partition coefficient (Wildman–Crippen LogP) is 2.03. The van der Waals surface area contributed by atoms with Gasteiger partial charge in [0.15, 0.2) is 0 Å². The Hall–Kier alpha value is -0.280. The van der Waals surface area contributed by atoms with E-state index >= 15 is 0 Å². The van der Waals surface area contributed by atoms with Crippen molar-refractivity contribution in [1.82, 2.24) is 0 Å². The second-order valence-corrected chi connectivity index (χ2v) is 4.78. The lowest BCUT2D eigenvalue weighted by atomic mass is 10.3. The third kappa shape index (κ3) is 3.69. The quantitative estimate of drug-likeness (QED) is 0.482. The van der Waals surface area contributed by atoms with Gasteiger partial charge in [0.1, 0.15) is 0 Å². The molecule has 0 aromatic rings. The van der Waals surface area contributed by atoms with Crippen molar-refractivity contribution < 1.29 is 8.42 Å². The molecule has 2 nitrogen and oxygen atoms in total. The average Bonchev–Trinajstić information content (AvgIpc) is 1.60. The Morgan fingerprint density at radius 3 is 2.00 bits per heavy atom. The molecule has 0 atom stereocenters. The van der Waals surface area contributed by atoms with Crippen LogP contribution in [0.5, 0.6) is 0 Å². The van der Waals surface area contributed by atoms with E-state index in [1.807, 2.05) is 0 Å². The van der Waals surface area contributed by atoms with Crippen molar-refractivity contribution in [3.05, 3.63) is 23.1 Å². The summed E-state index contributed by atoms with van der Waals surface area (Å²) in [6, 6.07) is 0. The number of rotatable bonds is 2. The summed E-state index contributed by atoms with van der Waals surface area (Å²) >= 11 is 0. The fraction of sp³-hybridized carbons (Fsp3) is 0.333. The molecular formula is C6H9ClO2S. The molecule has 0 heterocycles. The van der Waals surface area contributed by atoms with Crippen molar-refractivity contribution >= 4 is 19.7 Å². The summed E-state index contributed by atoms with van der Waals surface area (Å²) in [7, 11) is 1.47. The molecular weight excluding hydrogens is 172 g/mol. The molecule has 58 valence electrons. The van der Waals surface area contributed by atoms with Gasteiger partial charge in [0.25, 0.3) is 9.05 Å². The Morgan fingerprint density at radius 2 is 1.90 bits per heavy atom. The number of halogens is 1. The molecule has 0 aromatic heterocycles. The third-order valence-electron chi connectivity index (χ3n) is 0.834. The Balaban J connectivity index is 4.70. The van der Waals surface area contributed by atoms with Gasteiger partial charge >= 0.3 is 0 Å². The highest BCUT2D eigenvalue weighted by Gasteiger charge is 2.06. The zero-order chi connectivity index (χ0) is 8.36. The molecule has 0 aromatic carbocycles. The molecule has 0 spiro atoms. The normalized spacial score (nSPS) is 13.3. The van der Waals surface area contributed by atoms with Crippen molar-refractivity contribution in [2.24, 2.45) is 0 Å². The van der Waals surface area contributed by atoms with Crippen LogP contribution in [-0.4, -0.2) is 8.42 Å². The Bertz CT molecular complexity index is 261. The Morgan fingerprint density at radius 1 is 1.50 bits per heavy atom. The van der Waals surface area contributed by atoms with Gasteiger partial charge in [-0.3, -0.25) is 0 Å². The van der Waals surface area contributed by atoms with Crippen LogP contribution in [0.2, 0.25) is 0 Å². The van der Waals surface area contributed by atoms with E-state index in [0.29, 0.717) is 5.57 Å². The lowest BCUT2D eigenvalue weighted by Crippen LogP contribution is -1.89. The van der Waals surface area contributed by atoms with Crippen LogP contribution in [0.15, 0.2) is 23.1 Å². The van der Waals surface area contributed by atoms with Gasteiger partial charge < -0.3 is 0 Å². The first kappa shape index (κ1) is 9.72. The van der Waals surface area contributed by atoms with Gasteiger partial charge in [0.05, 0.1) is 4.91 Å². The summed E-state index contributed by atoms with van der Waals surface area (Å²) in [6.07, 6.45) is 1.42. The SMILES string of the molecule is C=C(C)/C=C(\C)S(=O)(=O)Cl. The molecule has 0 unspecified atom stereocenters. The molecule has 0 bridgehead atoms. The van der Waals surface area contributed by atoms with Gasteiger partial charge in [-0.25, -0.2) is 8.42 Å². The summed E-state index contributed by atoms with van der Waals surface area (Å²) in [6.45, 7) is 6.64. The van der Waals surface area contributed by atoms with Crippen molar-refractivity contribution in [1.29, 1.82) is 0 Å². The first-order valence-electron chi connectivity index (χ1n) is 2.62. The molecule has 0 aliphatic carbocycles.